The molecule has 0 spiro atoms. The van der Waals surface area contributed by atoms with Crippen molar-refractivity contribution >= 4 is 11.9 Å². The first kappa shape index (κ1) is 15.9. The van der Waals surface area contributed by atoms with E-state index in [1.165, 1.54) is 4.90 Å². The van der Waals surface area contributed by atoms with Crippen molar-refractivity contribution in [2.75, 3.05) is 13.2 Å². The molecule has 0 aromatic rings. The molecule has 0 aromatic heterocycles. The molecule has 0 radical (unpaired) electrons. The van der Waals surface area contributed by atoms with Crippen LogP contribution in [0, 0.1) is 5.92 Å². The van der Waals surface area contributed by atoms with E-state index in [1.54, 1.807) is 20.8 Å². The number of Topliss-reactive ketones (excluding diaryl/α,β-unsaturated/α-hetero) is 1. The third kappa shape index (κ3) is 3.67. The lowest BCUT2D eigenvalue weighted by atomic mass is 9.97. The number of aliphatic hydroxyl groups excluding tert-OH is 2. The molecule has 3 atom stereocenters. The van der Waals surface area contributed by atoms with Gasteiger partial charge in [0.05, 0.1) is 6.10 Å². The molecular formula is C13H23NO5. The first-order chi connectivity index (χ1) is 8.71. The number of carbonyl (C=O) groups excluding carboxylic acids is 2. The number of aliphatic hydroxyl groups is 2. The van der Waals surface area contributed by atoms with Gasteiger partial charge in [-0.1, -0.05) is 6.92 Å². The van der Waals surface area contributed by atoms with E-state index in [9.17, 15) is 14.7 Å². The maximum absolute atomic E-state index is 12.1. The van der Waals surface area contributed by atoms with Crippen molar-refractivity contribution < 1.29 is 24.5 Å². The number of carbonyl (C=O) groups is 2. The third-order valence-electron chi connectivity index (χ3n) is 3.21. The second-order valence-corrected chi connectivity index (χ2v) is 5.86. The molecule has 1 rings (SSSR count). The minimum absolute atomic E-state index is 0.173. The molecule has 0 saturated carbocycles. The summed E-state index contributed by atoms with van der Waals surface area (Å²) in [5.74, 6) is -0.734. The predicted molar refractivity (Wildman–Crippen MR) is 68.6 cm³/mol. The normalized spacial score (nSPS) is 27.5. The van der Waals surface area contributed by atoms with Gasteiger partial charge in [-0.25, -0.2) is 4.79 Å². The summed E-state index contributed by atoms with van der Waals surface area (Å²) in [4.78, 5) is 25.0. The number of ether oxygens (including phenoxy) is 1. The maximum atomic E-state index is 12.1. The highest BCUT2D eigenvalue weighted by molar-refractivity contribution is 5.89. The van der Waals surface area contributed by atoms with Gasteiger partial charge in [-0.15, -0.1) is 0 Å². The van der Waals surface area contributed by atoms with Crippen LogP contribution < -0.4 is 0 Å². The van der Waals surface area contributed by atoms with Crippen molar-refractivity contribution in [1.82, 2.24) is 4.90 Å². The van der Waals surface area contributed by atoms with Gasteiger partial charge in [0.2, 0.25) is 0 Å². The number of ketones is 1. The number of rotatable bonds is 3. The number of nitrogens with zero attached hydrogens (tertiary/aromatic N) is 1. The van der Waals surface area contributed by atoms with Crippen molar-refractivity contribution in [2.24, 2.45) is 5.92 Å². The van der Waals surface area contributed by atoms with E-state index in [4.69, 9.17) is 9.84 Å². The molecule has 1 heterocycles. The molecule has 1 aliphatic heterocycles. The highest BCUT2D eigenvalue weighted by Crippen LogP contribution is 2.28. The molecule has 0 unspecified atom stereocenters. The first-order valence-corrected chi connectivity index (χ1v) is 6.52. The van der Waals surface area contributed by atoms with Gasteiger partial charge in [0.1, 0.15) is 18.2 Å². The van der Waals surface area contributed by atoms with Crippen molar-refractivity contribution in [3.8, 4) is 0 Å². The van der Waals surface area contributed by atoms with Crippen LogP contribution in [0.4, 0.5) is 4.79 Å². The summed E-state index contributed by atoms with van der Waals surface area (Å²) in [6.45, 7) is 6.65. The van der Waals surface area contributed by atoms with Crippen molar-refractivity contribution in [2.45, 2.75) is 51.9 Å². The molecule has 1 amide bonds. The monoisotopic (exact) mass is 273 g/mol. The Morgan fingerprint density at radius 1 is 1.37 bits per heavy atom. The summed E-state index contributed by atoms with van der Waals surface area (Å²) in [6.07, 6.45) is -0.929. The Morgan fingerprint density at radius 2 is 1.95 bits per heavy atom. The lowest BCUT2D eigenvalue weighted by Gasteiger charge is -2.28. The van der Waals surface area contributed by atoms with Crippen molar-refractivity contribution in [3.63, 3.8) is 0 Å². The van der Waals surface area contributed by atoms with Crippen LogP contribution in [0.2, 0.25) is 0 Å². The van der Waals surface area contributed by atoms with Crippen molar-refractivity contribution in [1.29, 1.82) is 0 Å². The van der Waals surface area contributed by atoms with Gasteiger partial charge in [0, 0.05) is 12.5 Å². The van der Waals surface area contributed by atoms with Gasteiger partial charge in [0.25, 0.3) is 0 Å². The Hall–Kier alpha value is -1.14. The van der Waals surface area contributed by atoms with Crippen molar-refractivity contribution in [3.05, 3.63) is 0 Å². The molecule has 1 aliphatic rings. The van der Waals surface area contributed by atoms with E-state index in [0.717, 1.165) is 0 Å². The average Bonchev–Trinajstić information content (AvgIpc) is 2.63. The van der Waals surface area contributed by atoms with Crippen LogP contribution in [0.15, 0.2) is 0 Å². The van der Waals surface area contributed by atoms with E-state index in [0.29, 0.717) is 6.42 Å². The van der Waals surface area contributed by atoms with Gasteiger partial charge in [0.15, 0.2) is 5.78 Å². The second kappa shape index (κ2) is 5.88. The van der Waals surface area contributed by atoms with E-state index >= 15 is 0 Å². The van der Waals surface area contributed by atoms with Crippen LogP contribution in [0.25, 0.3) is 0 Å². The topological polar surface area (TPSA) is 87.1 Å². The smallest absolute Gasteiger partial charge is 0.411 e. The number of likely N-dealkylation sites (tertiary alicyclic amines) is 1. The van der Waals surface area contributed by atoms with Crippen LogP contribution in [0.5, 0.6) is 0 Å². The zero-order chi connectivity index (χ0) is 14.8. The van der Waals surface area contributed by atoms with Crippen LogP contribution in [-0.4, -0.2) is 57.9 Å². The fraction of sp³-hybridized carbons (Fsp3) is 0.846. The number of amides is 1. The Balaban J connectivity index is 2.90. The predicted octanol–water partition coefficient (Wildman–Crippen LogP) is 0.554. The zero-order valence-corrected chi connectivity index (χ0v) is 11.9. The van der Waals surface area contributed by atoms with E-state index in [-0.39, 0.29) is 12.5 Å². The molecule has 0 aliphatic carbocycles. The summed E-state index contributed by atoms with van der Waals surface area (Å²) in [5.41, 5.74) is -0.668. The minimum atomic E-state index is -1.01. The van der Waals surface area contributed by atoms with Gasteiger partial charge in [-0.2, -0.15) is 0 Å². The molecule has 110 valence electrons. The zero-order valence-electron chi connectivity index (χ0n) is 11.9. The molecule has 1 saturated heterocycles. The summed E-state index contributed by atoms with van der Waals surface area (Å²) in [5, 5.41) is 19.1. The lowest BCUT2D eigenvalue weighted by molar-refractivity contribution is -0.128. The minimum Gasteiger partial charge on any atom is -0.444 e. The second-order valence-electron chi connectivity index (χ2n) is 5.86. The summed E-state index contributed by atoms with van der Waals surface area (Å²) in [7, 11) is 0. The van der Waals surface area contributed by atoms with Crippen LogP contribution in [0.1, 0.15) is 34.1 Å². The van der Waals surface area contributed by atoms with Gasteiger partial charge >= 0.3 is 6.09 Å². The van der Waals surface area contributed by atoms with Crippen LogP contribution in [-0.2, 0) is 9.53 Å². The molecule has 6 heteroatoms. The Kier molecular flexibility index (Phi) is 4.92. The number of hydrogen-bond donors (Lipinski definition) is 2. The van der Waals surface area contributed by atoms with Gasteiger partial charge in [-0.3, -0.25) is 9.69 Å². The molecular weight excluding hydrogens is 250 g/mol. The highest BCUT2D eigenvalue weighted by atomic mass is 16.6. The van der Waals surface area contributed by atoms with E-state index < -0.39 is 36.2 Å². The molecule has 0 bridgehead atoms. The fourth-order valence-corrected chi connectivity index (χ4v) is 2.25. The molecule has 6 nitrogen and oxygen atoms in total. The third-order valence-corrected chi connectivity index (χ3v) is 3.21. The highest BCUT2D eigenvalue weighted by Gasteiger charge is 2.47. The Bertz CT molecular complexity index is 349. The standard InChI is InChI=1S/C13H23NO5/c1-5-8-6-14(12(18)19-13(2,3)4)10(11(8)17)9(16)7-15/h8,10-11,15,17H,5-7H2,1-4H3/t8-,10+,11+/m0/s1. The SMILES string of the molecule is CC[C@H]1CN(C(=O)OC(C)(C)C)[C@H](C(=O)CO)[C@@H]1O. The van der Waals surface area contributed by atoms with Crippen LogP contribution in [0.3, 0.4) is 0 Å². The van der Waals surface area contributed by atoms with Crippen LogP contribution >= 0.6 is 0 Å². The summed E-state index contributed by atoms with van der Waals surface area (Å²) >= 11 is 0. The lowest BCUT2D eigenvalue weighted by Crippen LogP contribution is -2.48. The quantitative estimate of drug-likeness (QED) is 0.784. The maximum Gasteiger partial charge on any atom is 0.411 e. The molecule has 0 aromatic carbocycles. The van der Waals surface area contributed by atoms with E-state index in [1.807, 2.05) is 6.92 Å². The first-order valence-electron chi connectivity index (χ1n) is 6.52. The fourth-order valence-electron chi connectivity index (χ4n) is 2.25. The van der Waals surface area contributed by atoms with Gasteiger partial charge in [-0.05, 0) is 27.2 Å². The largest absolute Gasteiger partial charge is 0.444 e. The number of hydrogen-bond acceptors (Lipinski definition) is 5. The molecule has 19 heavy (non-hydrogen) atoms. The van der Waals surface area contributed by atoms with E-state index in [2.05, 4.69) is 0 Å². The summed E-state index contributed by atoms with van der Waals surface area (Å²) < 4.78 is 5.23. The van der Waals surface area contributed by atoms with Gasteiger partial charge < -0.3 is 14.9 Å². The Morgan fingerprint density at radius 3 is 2.37 bits per heavy atom. The average molecular weight is 273 g/mol. The Labute approximate surface area is 113 Å². The molecule has 1 fully saturated rings. The molecule has 2 N–H and O–H groups in total. The summed E-state index contributed by atoms with van der Waals surface area (Å²) in [6, 6.07) is -1.01.